The predicted molar refractivity (Wildman–Crippen MR) is 433 cm³/mol. The molecule has 0 saturated carbocycles. The van der Waals surface area contributed by atoms with E-state index in [1.54, 1.807) is 11.8 Å². The molecular weight excluding hydrogens is 1330 g/mol. The molecule has 0 radical (unpaired) electrons. The first-order chi connectivity index (χ1) is 52.5. The third kappa shape index (κ3) is 9.64. The topological polar surface area (TPSA) is 75.4 Å². The standard InChI is InChI=1S/C98H62N6S2/c1-5-29-61(30-6-1)70-39-13-14-42-75(70)95-101-93(64-35-11-4-12-36-64)100-94(104-95)69-59-67(65-37-25-38-66(57-65)72-45-27-53-84-89(72)105-86-55-23-21-50-81(86)97(84)78-47-18-15-40-73(78)74-41-16-19-48-79(74)97)58-68(60-69)71-44-26-52-83-88(71)76-43-17-20-49-80(76)98(83)82-51-22-24-56-87(82)106-90-77(46-28-54-85(90)98)96-102-91(62-31-7-2-8-32-62)99-92(103-96)63-33-9-3-10-34-63/h1-60,94H,(H,100,101,104). The highest BCUT2D eigenvalue weighted by molar-refractivity contribution is 8.00. The van der Waals surface area contributed by atoms with Crippen LogP contribution in [-0.2, 0) is 10.8 Å². The molecule has 0 amide bonds. The second-order valence-corrected chi connectivity index (χ2v) is 29.7. The lowest BCUT2D eigenvalue weighted by Gasteiger charge is -2.40. The first kappa shape index (κ1) is 61.8. The Labute approximate surface area is 623 Å². The van der Waals surface area contributed by atoms with Crippen LogP contribution in [0.5, 0.6) is 0 Å². The lowest BCUT2D eigenvalue weighted by molar-refractivity contribution is 0.675. The Morgan fingerprint density at radius 3 is 1.26 bits per heavy atom. The van der Waals surface area contributed by atoms with Gasteiger partial charge < -0.3 is 5.32 Å². The van der Waals surface area contributed by atoms with Crippen molar-refractivity contribution >= 4 is 35.2 Å². The number of fused-ring (bicyclic) bond motifs is 18. The second kappa shape index (κ2) is 25.0. The summed E-state index contributed by atoms with van der Waals surface area (Å²) in [6, 6.07) is 133. The van der Waals surface area contributed by atoms with E-state index in [2.05, 4.69) is 333 Å². The summed E-state index contributed by atoms with van der Waals surface area (Å²) in [5.41, 5.74) is 28.4. The van der Waals surface area contributed by atoms with Crippen molar-refractivity contribution in [3.63, 3.8) is 0 Å². The summed E-state index contributed by atoms with van der Waals surface area (Å²) in [6.45, 7) is 0. The molecule has 16 aromatic rings. The van der Waals surface area contributed by atoms with E-state index in [-0.39, 0.29) is 0 Å². The molecule has 2 aliphatic carbocycles. The van der Waals surface area contributed by atoms with Crippen LogP contribution in [0.4, 0.5) is 0 Å². The van der Waals surface area contributed by atoms with Crippen molar-refractivity contribution in [2.45, 2.75) is 36.6 Å². The highest BCUT2D eigenvalue weighted by Crippen LogP contribution is 2.66. The molecule has 1 aromatic heterocycles. The summed E-state index contributed by atoms with van der Waals surface area (Å²) in [5, 5.41) is 3.99. The molecule has 0 bridgehead atoms. The Kier molecular flexibility index (Phi) is 14.5. The van der Waals surface area contributed by atoms with Crippen molar-refractivity contribution in [2.75, 3.05) is 0 Å². The van der Waals surface area contributed by atoms with E-state index in [4.69, 9.17) is 24.9 Å². The SMILES string of the molecule is c1ccc(C2=NC(c3cc(-c4cccc(-c5cccc6c5Sc5ccccc5C65c6ccccc6-c6ccccc65)c4)cc(-c4cccc5c4-c4ccccc4C54c5ccccc5Sc5c(-c6nc(-c7ccccc7)nc(-c7ccccc7)n6)cccc54)c3)NC(c3ccccc3-c3ccccc3)=N2)cc1. The van der Waals surface area contributed by atoms with Gasteiger partial charge in [0.05, 0.1) is 10.8 Å². The molecule has 6 nitrogen and oxygen atoms in total. The van der Waals surface area contributed by atoms with Crippen LogP contribution in [-0.4, -0.2) is 26.6 Å². The third-order valence-corrected chi connectivity index (χ3v) is 24.4. The van der Waals surface area contributed by atoms with Gasteiger partial charge in [-0.05, 0) is 153 Å². The van der Waals surface area contributed by atoms with Crippen molar-refractivity contribution in [2.24, 2.45) is 9.98 Å². The number of hydrogen-bond acceptors (Lipinski definition) is 8. The van der Waals surface area contributed by atoms with Crippen molar-refractivity contribution in [3.05, 3.63) is 425 Å². The number of amidine groups is 2. The molecule has 496 valence electrons. The zero-order valence-electron chi connectivity index (χ0n) is 57.3. The van der Waals surface area contributed by atoms with E-state index in [9.17, 15) is 0 Å². The Morgan fingerprint density at radius 1 is 0.255 bits per heavy atom. The van der Waals surface area contributed by atoms with Crippen LogP contribution in [0.15, 0.2) is 394 Å². The van der Waals surface area contributed by atoms with Gasteiger partial charge in [0, 0.05) is 47.4 Å². The van der Waals surface area contributed by atoms with Crippen LogP contribution < -0.4 is 5.32 Å². The number of benzene rings is 15. The summed E-state index contributed by atoms with van der Waals surface area (Å²) >= 11 is 3.70. The number of aromatic nitrogens is 3. The monoisotopic (exact) mass is 1390 g/mol. The molecule has 2 spiro atoms. The van der Waals surface area contributed by atoms with Gasteiger partial charge in [-0.15, -0.1) is 0 Å². The van der Waals surface area contributed by atoms with Crippen molar-refractivity contribution < 1.29 is 0 Å². The zero-order chi connectivity index (χ0) is 69.9. The minimum Gasteiger partial charge on any atom is -0.344 e. The number of hydrogen-bond donors (Lipinski definition) is 1. The Balaban J connectivity index is 0.775. The van der Waals surface area contributed by atoms with Crippen molar-refractivity contribution in [1.29, 1.82) is 0 Å². The van der Waals surface area contributed by atoms with E-state index < -0.39 is 17.0 Å². The molecule has 106 heavy (non-hydrogen) atoms. The van der Waals surface area contributed by atoms with Crippen LogP contribution in [0.25, 0.3) is 101 Å². The molecule has 2 atom stereocenters. The van der Waals surface area contributed by atoms with Gasteiger partial charge >= 0.3 is 0 Å². The van der Waals surface area contributed by atoms with Gasteiger partial charge in [-0.3, -0.25) is 0 Å². The summed E-state index contributed by atoms with van der Waals surface area (Å²) in [4.78, 5) is 31.9. The normalized spacial score (nSPS) is 15.7. The van der Waals surface area contributed by atoms with E-state index in [1.807, 2.05) is 48.2 Å². The van der Waals surface area contributed by atoms with E-state index in [0.717, 1.165) is 83.1 Å². The van der Waals surface area contributed by atoms with Crippen LogP contribution in [0, 0.1) is 0 Å². The minimum atomic E-state index is -0.757. The molecule has 5 aliphatic rings. The fourth-order valence-corrected chi connectivity index (χ4v) is 20.1. The Morgan fingerprint density at radius 2 is 0.651 bits per heavy atom. The van der Waals surface area contributed by atoms with E-state index in [0.29, 0.717) is 23.3 Å². The van der Waals surface area contributed by atoms with Gasteiger partial charge in [0.15, 0.2) is 23.3 Å². The summed E-state index contributed by atoms with van der Waals surface area (Å²) < 4.78 is 0. The van der Waals surface area contributed by atoms with Gasteiger partial charge in [-0.2, -0.15) is 0 Å². The average Bonchev–Trinajstić information content (AvgIpc) is 1.50. The van der Waals surface area contributed by atoms with Crippen LogP contribution in [0.1, 0.15) is 67.4 Å². The van der Waals surface area contributed by atoms with Gasteiger partial charge in [-0.25, -0.2) is 24.9 Å². The molecule has 1 N–H and O–H groups in total. The number of aliphatic imine (C=N–C) groups is 2. The fourth-order valence-electron chi connectivity index (χ4n) is 17.5. The molecule has 3 aliphatic heterocycles. The predicted octanol–water partition coefficient (Wildman–Crippen LogP) is 23.7. The van der Waals surface area contributed by atoms with E-state index >= 15 is 0 Å². The molecular formula is C98H62N6S2. The third-order valence-electron chi connectivity index (χ3n) is 21.9. The molecule has 8 heteroatoms. The maximum Gasteiger partial charge on any atom is 0.165 e. The highest BCUT2D eigenvalue weighted by atomic mass is 32.2. The largest absolute Gasteiger partial charge is 0.344 e. The van der Waals surface area contributed by atoms with Gasteiger partial charge in [0.2, 0.25) is 0 Å². The molecule has 21 rings (SSSR count). The number of rotatable bonds is 10. The summed E-state index contributed by atoms with van der Waals surface area (Å²) in [7, 11) is 0. The lowest BCUT2D eigenvalue weighted by atomic mass is 9.67. The van der Waals surface area contributed by atoms with Crippen LogP contribution in [0.2, 0.25) is 0 Å². The first-order valence-corrected chi connectivity index (χ1v) is 37.7. The van der Waals surface area contributed by atoms with Gasteiger partial charge in [-0.1, -0.05) is 351 Å². The van der Waals surface area contributed by atoms with Crippen LogP contribution in [0.3, 0.4) is 0 Å². The van der Waals surface area contributed by atoms with Crippen LogP contribution >= 0.6 is 23.5 Å². The first-order valence-electron chi connectivity index (χ1n) is 36.1. The maximum atomic E-state index is 5.67. The lowest BCUT2D eigenvalue weighted by Crippen LogP contribution is -2.34. The molecule has 0 saturated heterocycles. The summed E-state index contributed by atoms with van der Waals surface area (Å²) in [5.74, 6) is 3.27. The zero-order valence-corrected chi connectivity index (χ0v) is 58.9. The maximum absolute atomic E-state index is 5.67. The van der Waals surface area contributed by atoms with Gasteiger partial charge in [0.25, 0.3) is 0 Å². The van der Waals surface area contributed by atoms with Crippen molar-refractivity contribution in [3.8, 4) is 101 Å². The number of nitrogens with one attached hydrogen (secondary N) is 1. The Hall–Kier alpha value is -12.9. The van der Waals surface area contributed by atoms with Crippen molar-refractivity contribution in [1.82, 2.24) is 20.3 Å². The number of nitrogens with zero attached hydrogens (tertiary/aromatic N) is 5. The second-order valence-electron chi connectivity index (χ2n) is 27.6. The summed E-state index contributed by atoms with van der Waals surface area (Å²) in [6.07, 6.45) is -0.567. The van der Waals surface area contributed by atoms with Gasteiger partial charge in [0.1, 0.15) is 12.0 Å². The quantitative estimate of drug-likeness (QED) is 0.147. The van der Waals surface area contributed by atoms with E-state index in [1.165, 1.54) is 87.0 Å². The fraction of sp³-hybridized carbons (Fsp3) is 0.0306. The highest BCUT2D eigenvalue weighted by Gasteiger charge is 2.53. The molecule has 15 aromatic carbocycles. The average molecular weight is 1390 g/mol. The molecule has 0 fully saturated rings. The smallest absolute Gasteiger partial charge is 0.165 e. The Bertz CT molecular complexity index is 6230. The molecule has 4 heterocycles. The molecule has 2 unspecified atom stereocenters. The minimum absolute atomic E-state index is 0.514.